The van der Waals surface area contributed by atoms with Crippen molar-refractivity contribution in [1.29, 1.82) is 0 Å². The Morgan fingerprint density at radius 1 is 1.14 bits per heavy atom. The van der Waals surface area contributed by atoms with Gasteiger partial charge in [0.1, 0.15) is 5.75 Å². The second-order valence-electron chi connectivity index (χ2n) is 8.22. The van der Waals surface area contributed by atoms with E-state index in [-0.39, 0.29) is 12.0 Å². The standard InChI is InChI=1S/C23H26N2O3S/c1-4-24-13-12-16(14-24)21-22-18(9-7-10-19(22)28-15(2)3)25-23(21)17-8-5-6-11-20(17)29(25,26)27/h5-11,15-16H,4,12-14H2,1-3H3. The van der Waals surface area contributed by atoms with E-state index in [2.05, 4.69) is 11.8 Å². The van der Waals surface area contributed by atoms with E-state index in [0.717, 1.165) is 59.5 Å². The summed E-state index contributed by atoms with van der Waals surface area (Å²) in [6.45, 7) is 9.17. The second-order valence-corrected chi connectivity index (χ2v) is 9.98. The van der Waals surface area contributed by atoms with E-state index < -0.39 is 10.0 Å². The smallest absolute Gasteiger partial charge is 0.269 e. The third kappa shape index (κ3) is 2.66. The first kappa shape index (κ1) is 18.7. The quantitative estimate of drug-likeness (QED) is 0.499. The van der Waals surface area contributed by atoms with Crippen LogP contribution in [0.25, 0.3) is 22.2 Å². The maximum absolute atomic E-state index is 13.5. The van der Waals surface area contributed by atoms with Crippen LogP contribution >= 0.6 is 0 Å². The van der Waals surface area contributed by atoms with Crippen LogP contribution in [0.2, 0.25) is 0 Å². The first-order valence-electron chi connectivity index (χ1n) is 10.3. The van der Waals surface area contributed by atoms with Gasteiger partial charge >= 0.3 is 0 Å². The van der Waals surface area contributed by atoms with Gasteiger partial charge in [-0.1, -0.05) is 31.2 Å². The van der Waals surface area contributed by atoms with Crippen LogP contribution in [0, 0.1) is 0 Å². The van der Waals surface area contributed by atoms with Crippen molar-refractivity contribution >= 4 is 20.9 Å². The van der Waals surface area contributed by atoms with Crippen LogP contribution in [-0.2, 0) is 10.0 Å². The van der Waals surface area contributed by atoms with Crippen LogP contribution < -0.4 is 4.74 Å². The fourth-order valence-corrected chi connectivity index (χ4v) is 6.64. The molecule has 0 bridgehead atoms. The Balaban J connectivity index is 1.88. The van der Waals surface area contributed by atoms with E-state index in [4.69, 9.17) is 4.74 Å². The lowest BCUT2D eigenvalue weighted by molar-refractivity contribution is 0.245. The molecule has 2 aliphatic heterocycles. The van der Waals surface area contributed by atoms with Gasteiger partial charge in [-0.3, -0.25) is 0 Å². The van der Waals surface area contributed by atoms with Gasteiger partial charge < -0.3 is 9.64 Å². The molecule has 0 amide bonds. The summed E-state index contributed by atoms with van der Waals surface area (Å²) in [5.41, 5.74) is 3.49. The topological polar surface area (TPSA) is 51.5 Å². The molecule has 0 spiro atoms. The van der Waals surface area contributed by atoms with Gasteiger partial charge in [0.25, 0.3) is 10.0 Å². The third-order valence-electron chi connectivity index (χ3n) is 6.10. The summed E-state index contributed by atoms with van der Waals surface area (Å²) in [6.07, 6.45) is 1.04. The Labute approximate surface area is 171 Å². The van der Waals surface area contributed by atoms with E-state index in [9.17, 15) is 8.42 Å². The SMILES string of the molecule is CCN1CCC(c2c3n(c4cccc(OC(C)C)c24)S(=O)(=O)c2ccccc2-3)C1. The number of hydrogen-bond donors (Lipinski definition) is 0. The molecule has 1 fully saturated rings. The summed E-state index contributed by atoms with van der Waals surface area (Å²) in [4.78, 5) is 2.83. The summed E-state index contributed by atoms with van der Waals surface area (Å²) < 4.78 is 34.7. The molecule has 29 heavy (non-hydrogen) atoms. The van der Waals surface area contributed by atoms with Gasteiger partial charge in [0.15, 0.2) is 0 Å². The van der Waals surface area contributed by atoms with Crippen molar-refractivity contribution in [2.45, 2.75) is 44.1 Å². The highest BCUT2D eigenvalue weighted by molar-refractivity contribution is 7.90. The monoisotopic (exact) mass is 410 g/mol. The maximum Gasteiger partial charge on any atom is 0.269 e. The largest absolute Gasteiger partial charge is 0.490 e. The average molecular weight is 411 g/mol. The van der Waals surface area contributed by atoms with Gasteiger partial charge in [-0.25, -0.2) is 12.4 Å². The number of likely N-dealkylation sites (tertiary alicyclic amines) is 1. The number of likely N-dealkylation sites (N-methyl/N-ethyl adjacent to an activating group) is 1. The van der Waals surface area contributed by atoms with Gasteiger partial charge in [-0.2, -0.15) is 0 Å². The van der Waals surface area contributed by atoms with Crippen molar-refractivity contribution in [2.24, 2.45) is 0 Å². The molecule has 0 saturated carbocycles. The molecule has 5 nitrogen and oxygen atoms in total. The molecule has 2 aliphatic rings. The van der Waals surface area contributed by atoms with Crippen molar-refractivity contribution in [2.75, 3.05) is 19.6 Å². The highest BCUT2D eigenvalue weighted by atomic mass is 32.2. The predicted octanol–water partition coefficient (Wildman–Crippen LogP) is 4.46. The lowest BCUT2D eigenvalue weighted by Crippen LogP contribution is -2.19. The summed E-state index contributed by atoms with van der Waals surface area (Å²) >= 11 is 0. The third-order valence-corrected chi connectivity index (χ3v) is 7.87. The van der Waals surface area contributed by atoms with Crippen molar-refractivity contribution in [3.05, 3.63) is 48.0 Å². The molecule has 0 radical (unpaired) electrons. The van der Waals surface area contributed by atoms with Crippen LogP contribution in [0.3, 0.4) is 0 Å². The molecule has 0 N–H and O–H groups in total. The Morgan fingerprint density at radius 3 is 2.66 bits per heavy atom. The lowest BCUT2D eigenvalue weighted by atomic mass is 9.92. The molecule has 6 heteroatoms. The molecular formula is C23H26N2O3S. The number of fused-ring (bicyclic) bond motifs is 5. The Hall–Kier alpha value is -2.31. The molecule has 2 aromatic carbocycles. The number of rotatable bonds is 4. The molecule has 1 unspecified atom stereocenters. The number of nitrogens with zero attached hydrogens (tertiary/aromatic N) is 2. The van der Waals surface area contributed by atoms with Crippen LogP contribution in [0.5, 0.6) is 5.75 Å². The fourth-order valence-electron chi connectivity index (χ4n) is 4.90. The first-order chi connectivity index (χ1) is 13.9. The van der Waals surface area contributed by atoms with E-state index in [0.29, 0.717) is 4.90 Å². The summed E-state index contributed by atoms with van der Waals surface area (Å²) in [6, 6.07) is 13.1. The minimum Gasteiger partial charge on any atom is -0.490 e. The average Bonchev–Trinajstić information content (AvgIpc) is 3.35. The summed E-state index contributed by atoms with van der Waals surface area (Å²) in [5.74, 6) is 1.06. The summed E-state index contributed by atoms with van der Waals surface area (Å²) in [5, 5.41) is 0.956. The molecule has 1 saturated heterocycles. The minimum atomic E-state index is -3.62. The van der Waals surface area contributed by atoms with E-state index in [1.165, 1.54) is 0 Å². The van der Waals surface area contributed by atoms with Crippen LogP contribution in [-0.4, -0.2) is 43.0 Å². The van der Waals surface area contributed by atoms with Crippen LogP contribution in [0.15, 0.2) is 47.4 Å². The Morgan fingerprint density at radius 2 is 1.93 bits per heavy atom. The zero-order valence-electron chi connectivity index (χ0n) is 17.1. The Kier molecular flexibility index (Phi) is 4.26. The van der Waals surface area contributed by atoms with Gasteiger partial charge in [0.2, 0.25) is 0 Å². The molecule has 0 aliphatic carbocycles. The number of ether oxygens (including phenoxy) is 1. The van der Waals surface area contributed by atoms with Crippen molar-refractivity contribution in [3.8, 4) is 17.0 Å². The van der Waals surface area contributed by atoms with Gasteiger partial charge in [-0.05, 0) is 57.1 Å². The zero-order chi connectivity index (χ0) is 20.3. The van der Waals surface area contributed by atoms with Gasteiger partial charge in [0.05, 0.1) is 22.2 Å². The molecule has 1 atom stereocenters. The van der Waals surface area contributed by atoms with Crippen molar-refractivity contribution in [3.63, 3.8) is 0 Å². The van der Waals surface area contributed by atoms with E-state index in [1.54, 1.807) is 16.1 Å². The van der Waals surface area contributed by atoms with Crippen molar-refractivity contribution in [1.82, 2.24) is 8.87 Å². The second kappa shape index (κ2) is 6.61. The number of benzene rings is 2. The highest BCUT2D eigenvalue weighted by Gasteiger charge is 2.40. The maximum atomic E-state index is 13.5. The molecule has 3 aromatic rings. The van der Waals surface area contributed by atoms with Crippen LogP contribution in [0.4, 0.5) is 0 Å². The highest BCUT2D eigenvalue weighted by Crippen LogP contribution is 2.51. The summed E-state index contributed by atoms with van der Waals surface area (Å²) in [7, 11) is -3.62. The van der Waals surface area contributed by atoms with Gasteiger partial charge in [0, 0.05) is 23.4 Å². The van der Waals surface area contributed by atoms with E-state index >= 15 is 0 Å². The molecular weight excluding hydrogens is 384 g/mol. The molecule has 1 aromatic heterocycles. The minimum absolute atomic E-state index is 0.0165. The lowest BCUT2D eigenvalue weighted by Gasteiger charge is -2.17. The number of aromatic nitrogens is 1. The first-order valence-corrected chi connectivity index (χ1v) is 11.8. The zero-order valence-corrected chi connectivity index (χ0v) is 17.9. The molecule has 3 heterocycles. The molecule has 5 rings (SSSR count). The Bertz CT molecular complexity index is 1210. The number of hydrogen-bond acceptors (Lipinski definition) is 4. The van der Waals surface area contributed by atoms with E-state index in [1.807, 2.05) is 44.2 Å². The normalized spacial score (nSPS) is 20.3. The molecule has 152 valence electrons. The van der Waals surface area contributed by atoms with Crippen molar-refractivity contribution < 1.29 is 13.2 Å². The van der Waals surface area contributed by atoms with Crippen LogP contribution in [0.1, 0.15) is 38.7 Å². The fraction of sp³-hybridized carbons (Fsp3) is 0.391. The predicted molar refractivity (Wildman–Crippen MR) is 115 cm³/mol. The van der Waals surface area contributed by atoms with Gasteiger partial charge in [-0.15, -0.1) is 0 Å².